The van der Waals surface area contributed by atoms with Gasteiger partial charge in [-0.25, -0.2) is 4.98 Å². The van der Waals surface area contributed by atoms with Crippen LogP contribution in [-0.2, 0) is 0 Å². The molecule has 20 heavy (non-hydrogen) atoms. The topological polar surface area (TPSA) is 81.1 Å². The second-order valence-electron chi connectivity index (χ2n) is 4.96. The van der Waals surface area contributed by atoms with Crippen LogP contribution in [0.1, 0.15) is 31.1 Å². The summed E-state index contributed by atoms with van der Waals surface area (Å²) < 4.78 is 5.38. The molecule has 5 heteroatoms. The number of rotatable bonds is 3. The quantitative estimate of drug-likeness (QED) is 0.901. The molecule has 0 aliphatic carbocycles. The summed E-state index contributed by atoms with van der Waals surface area (Å²) in [5.74, 6) is 0.961. The van der Waals surface area contributed by atoms with Crippen LogP contribution in [0.15, 0.2) is 34.9 Å². The van der Waals surface area contributed by atoms with E-state index in [2.05, 4.69) is 31.1 Å². The molecule has 2 aromatic rings. The fraction of sp³-hybridized carbons (Fsp3) is 0.333. The van der Waals surface area contributed by atoms with Crippen LogP contribution in [0.2, 0.25) is 0 Å². The van der Waals surface area contributed by atoms with Crippen molar-refractivity contribution >= 4 is 11.9 Å². The Morgan fingerprint density at radius 1 is 1.35 bits per heavy atom. The number of hydrogen-bond donors (Lipinski definition) is 2. The van der Waals surface area contributed by atoms with E-state index in [0.29, 0.717) is 17.3 Å². The van der Waals surface area contributed by atoms with Crippen molar-refractivity contribution < 1.29 is 9.21 Å². The molecule has 1 aromatic heterocycles. The second-order valence-corrected chi connectivity index (χ2v) is 4.96. The van der Waals surface area contributed by atoms with Crippen molar-refractivity contribution in [2.45, 2.75) is 20.8 Å². The Morgan fingerprint density at radius 2 is 2.00 bits per heavy atom. The Morgan fingerprint density at radius 3 is 2.50 bits per heavy atom. The molecule has 0 aliphatic rings. The largest absolute Gasteiger partial charge is 0.424 e. The van der Waals surface area contributed by atoms with Gasteiger partial charge in [-0.05, 0) is 18.1 Å². The Bertz CT molecular complexity index is 559. The zero-order chi connectivity index (χ0) is 15.1. The number of primary amides is 1. The van der Waals surface area contributed by atoms with E-state index in [1.54, 1.807) is 31.4 Å². The number of carbonyl (C=O) groups is 1. The molecule has 0 aliphatic heterocycles. The maximum Gasteiger partial charge on any atom is 0.294 e. The number of carbonyl (C=O) groups excluding carboxylic acids is 1. The highest BCUT2D eigenvalue weighted by molar-refractivity contribution is 5.93. The van der Waals surface area contributed by atoms with E-state index in [1.807, 2.05) is 6.07 Å². The number of amides is 1. The van der Waals surface area contributed by atoms with Gasteiger partial charge in [0.2, 0.25) is 5.91 Å². The van der Waals surface area contributed by atoms with Gasteiger partial charge in [0.1, 0.15) is 0 Å². The Kier molecular flexibility index (Phi) is 5.77. The van der Waals surface area contributed by atoms with Gasteiger partial charge in [0.05, 0.1) is 6.20 Å². The van der Waals surface area contributed by atoms with Gasteiger partial charge in [-0.1, -0.05) is 32.9 Å². The normalized spacial score (nSPS) is 9.85. The highest BCUT2D eigenvalue weighted by Gasteiger charge is 2.07. The van der Waals surface area contributed by atoms with Gasteiger partial charge in [0.15, 0.2) is 5.76 Å². The van der Waals surface area contributed by atoms with Crippen LogP contribution >= 0.6 is 0 Å². The molecule has 0 atom stereocenters. The number of benzene rings is 1. The van der Waals surface area contributed by atoms with Gasteiger partial charge >= 0.3 is 0 Å². The van der Waals surface area contributed by atoms with Crippen molar-refractivity contribution in [1.82, 2.24) is 4.98 Å². The van der Waals surface area contributed by atoms with Crippen LogP contribution in [0.5, 0.6) is 0 Å². The average Bonchev–Trinajstić information content (AvgIpc) is 2.87. The fourth-order valence-electron chi connectivity index (χ4n) is 1.35. The zero-order valence-corrected chi connectivity index (χ0v) is 12.3. The van der Waals surface area contributed by atoms with E-state index in [4.69, 9.17) is 10.2 Å². The first kappa shape index (κ1) is 15.8. The fourth-order valence-corrected chi connectivity index (χ4v) is 1.35. The lowest BCUT2D eigenvalue weighted by atomic mass is 10.1. The predicted octanol–water partition coefficient (Wildman–Crippen LogP) is 3.14. The maximum atomic E-state index is 11.0. The molecule has 0 saturated carbocycles. The highest BCUT2D eigenvalue weighted by atomic mass is 16.4. The molecule has 5 nitrogen and oxygen atoms in total. The number of hydrogen-bond acceptors (Lipinski definition) is 4. The van der Waals surface area contributed by atoms with E-state index in [1.165, 1.54) is 0 Å². The van der Waals surface area contributed by atoms with Crippen molar-refractivity contribution in [3.8, 4) is 11.3 Å². The molecule has 1 aromatic carbocycles. The number of nitrogens with one attached hydrogen (secondary N) is 1. The highest BCUT2D eigenvalue weighted by Crippen LogP contribution is 2.22. The molecule has 0 fully saturated rings. The summed E-state index contributed by atoms with van der Waals surface area (Å²) in [4.78, 5) is 15.0. The van der Waals surface area contributed by atoms with Crippen LogP contribution in [0.25, 0.3) is 11.3 Å². The summed E-state index contributed by atoms with van der Waals surface area (Å²) in [5.41, 5.74) is 6.41. The molecule has 1 amide bonds. The third kappa shape index (κ3) is 4.76. The minimum absolute atomic E-state index is 0.430. The lowest BCUT2D eigenvalue weighted by molar-refractivity contribution is 0.100. The number of anilines is 1. The molecule has 0 bridgehead atoms. The van der Waals surface area contributed by atoms with Crippen LogP contribution in [0.3, 0.4) is 0 Å². The lowest BCUT2D eigenvalue weighted by Crippen LogP contribution is -2.10. The summed E-state index contributed by atoms with van der Waals surface area (Å²) in [6.07, 6.45) is 1.59. The third-order valence-electron chi connectivity index (χ3n) is 2.15. The standard InChI is InChI=1S/C11H11N3O2.C4H10/c1-13-11-14-6-9(16-11)7-3-2-4-8(5-7)10(12)15;1-4(2)3/h2-6H,1H3,(H2,12,15)(H,13,14);4H,1-3H3. The van der Waals surface area contributed by atoms with Crippen molar-refractivity contribution in [3.05, 3.63) is 36.0 Å². The van der Waals surface area contributed by atoms with Crippen LogP contribution in [0, 0.1) is 5.92 Å². The van der Waals surface area contributed by atoms with Gasteiger partial charge in [0.25, 0.3) is 6.01 Å². The zero-order valence-electron chi connectivity index (χ0n) is 12.3. The van der Waals surface area contributed by atoms with Crippen LogP contribution < -0.4 is 11.1 Å². The number of nitrogens with zero attached hydrogens (tertiary/aromatic N) is 1. The average molecular weight is 275 g/mol. The van der Waals surface area contributed by atoms with Crippen molar-refractivity contribution in [2.24, 2.45) is 11.7 Å². The SMILES string of the molecule is CC(C)C.CNc1ncc(-c2cccc(C(N)=O)c2)o1. The summed E-state index contributed by atoms with van der Waals surface area (Å²) in [7, 11) is 1.72. The Hall–Kier alpha value is -2.30. The smallest absolute Gasteiger partial charge is 0.294 e. The predicted molar refractivity (Wildman–Crippen MR) is 80.5 cm³/mol. The van der Waals surface area contributed by atoms with Crippen molar-refractivity contribution in [3.63, 3.8) is 0 Å². The number of nitrogens with two attached hydrogens (primary N) is 1. The first-order valence-corrected chi connectivity index (χ1v) is 6.47. The maximum absolute atomic E-state index is 11.0. The van der Waals surface area contributed by atoms with E-state index < -0.39 is 5.91 Å². The molecule has 1 heterocycles. The number of oxazole rings is 1. The van der Waals surface area contributed by atoms with E-state index in [-0.39, 0.29) is 0 Å². The van der Waals surface area contributed by atoms with Gasteiger partial charge in [-0.15, -0.1) is 0 Å². The van der Waals surface area contributed by atoms with Crippen molar-refractivity contribution in [2.75, 3.05) is 12.4 Å². The first-order chi connectivity index (χ1) is 9.43. The third-order valence-corrected chi connectivity index (χ3v) is 2.15. The molecule has 108 valence electrons. The van der Waals surface area contributed by atoms with Gasteiger partial charge in [0, 0.05) is 18.2 Å². The first-order valence-electron chi connectivity index (χ1n) is 6.47. The Labute approximate surface area is 119 Å². The summed E-state index contributed by atoms with van der Waals surface area (Å²) in [6, 6.07) is 7.33. The molecular formula is C15H21N3O2. The second kappa shape index (κ2) is 7.33. The molecule has 3 N–H and O–H groups in total. The van der Waals surface area contributed by atoms with Crippen molar-refractivity contribution in [1.29, 1.82) is 0 Å². The van der Waals surface area contributed by atoms with E-state index >= 15 is 0 Å². The van der Waals surface area contributed by atoms with Crippen LogP contribution in [-0.4, -0.2) is 17.9 Å². The molecule has 0 saturated heterocycles. The molecule has 0 radical (unpaired) electrons. The molecule has 0 spiro atoms. The summed E-state index contributed by atoms with van der Waals surface area (Å²) in [6.45, 7) is 6.50. The van der Waals surface area contributed by atoms with Crippen LogP contribution in [0.4, 0.5) is 6.01 Å². The minimum atomic E-state index is -0.463. The monoisotopic (exact) mass is 275 g/mol. The molecular weight excluding hydrogens is 254 g/mol. The molecule has 0 unspecified atom stereocenters. The minimum Gasteiger partial charge on any atom is -0.424 e. The molecule has 2 rings (SSSR count). The summed E-state index contributed by atoms with van der Waals surface area (Å²) in [5, 5.41) is 2.79. The number of aromatic nitrogens is 1. The van der Waals surface area contributed by atoms with E-state index in [0.717, 1.165) is 11.5 Å². The van der Waals surface area contributed by atoms with Gasteiger partial charge in [-0.2, -0.15) is 0 Å². The van der Waals surface area contributed by atoms with E-state index in [9.17, 15) is 4.79 Å². The van der Waals surface area contributed by atoms with Gasteiger partial charge < -0.3 is 15.5 Å². The summed E-state index contributed by atoms with van der Waals surface area (Å²) >= 11 is 0. The lowest BCUT2D eigenvalue weighted by Gasteiger charge is -1.98. The van der Waals surface area contributed by atoms with Gasteiger partial charge in [-0.3, -0.25) is 4.79 Å². The Balaban J connectivity index is 0.000000444.